The van der Waals surface area contributed by atoms with Gasteiger partial charge in [-0.3, -0.25) is 0 Å². The fourth-order valence-electron chi connectivity index (χ4n) is 2.14. The van der Waals surface area contributed by atoms with Crippen LogP contribution < -0.4 is 4.74 Å². The van der Waals surface area contributed by atoms with Crippen molar-refractivity contribution in [2.45, 2.75) is 18.7 Å². The second-order valence-corrected chi connectivity index (χ2v) is 6.49. The van der Waals surface area contributed by atoms with E-state index in [0.29, 0.717) is 20.4 Å². The maximum atomic E-state index is 12.4. The highest BCUT2D eigenvalue weighted by molar-refractivity contribution is 14.1. The van der Waals surface area contributed by atoms with Crippen molar-refractivity contribution in [3.63, 3.8) is 0 Å². The number of ether oxygens (including phenoxy) is 2. The number of benzene rings is 2. The van der Waals surface area contributed by atoms with Crippen LogP contribution in [0.3, 0.4) is 0 Å². The van der Waals surface area contributed by atoms with Crippen LogP contribution in [-0.2, 0) is 4.74 Å². The standard InChI is InChI=1S/C19H16F3IO3/c1-25-14-10-8-13(9-11-14)17(7-4-12-19(20,21)22)26-18(24)15-5-2-3-6-16(15)23/h2-11,17H,12H2,1H3/b7-4+. The Balaban J connectivity index is 2.24. The summed E-state index contributed by atoms with van der Waals surface area (Å²) in [7, 11) is 1.51. The fourth-order valence-corrected chi connectivity index (χ4v) is 2.75. The number of halogens is 4. The molecule has 2 aromatic carbocycles. The number of hydrogen-bond acceptors (Lipinski definition) is 3. The highest BCUT2D eigenvalue weighted by Crippen LogP contribution is 2.26. The van der Waals surface area contributed by atoms with Crippen LogP contribution in [0, 0.1) is 3.57 Å². The molecule has 138 valence electrons. The van der Waals surface area contributed by atoms with Gasteiger partial charge in [-0.15, -0.1) is 0 Å². The molecule has 1 unspecified atom stereocenters. The van der Waals surface area contributed by atoms with E-state index in [1.165, 1.54) is 13.2 Å². The minimum atomic E-state index is -4.32. The van der Waals surface area contributed by atoms with Gasteiger partial charge in [0.05, 0.1) is 19.1 Å². The van der Waals surface area contributed by atoms with Crippen LogP contribution in [0.4, 0.5) is 13.2 Å². The molecule has 0 spiro atoms. The molecule has 0 bridgehead atoms. The van der Waals surface area contributed by atoms with Gasteiger partial charge in [-0.25, -0.2) is 4.79 Å². The van der Waals surface area contributed by atoms with Gasteiger partial charge in [0.2, 0.25) is 0 Å². The number of allylic oxidation sites excluding steroid dienone is 1. The molecular formula is C19H16F3IO3. The van der Waals surface area contributed by atoms with Gasteiger partial charge >= 0.3 is 12.1 Å². The summed E-state index contributed by atoms with van der Waals surface area (Å²) in [5.74, 6) is -0.0109. The lowest BCUT2D eigenvalue weighted by Gasteiger charge is -2.16. The molecule has 0 saturated carbocycles. The summed E-state index contributed by atoms with van der Waals surface area (Å²) in [6, 6.07) is 13.4. The van der Waals surface area contributed by atoms with Crippen molar-refractivity contribution in [3.05, 3.63) is 75.4 Å². The van der Waals surface area contributed by atoms with Gasteiger partial charge in [-0.2, -0.15) is 13.2 Å². The molecule has 0 radical (unpaired) electrons. The van der Waals surface area contributed by atoms with E-state index in [0.717, 1.165) is 6.08 Å². The molecule has 0 fully saturated rings. The lowest BCUT2D eigenvalue weighted by molar-refractivity contribution is -0.125. The van der Waals surface area contributed by atoms with Gasteiger partial charge in [-0.05, 0) is 58.5 Å². The average molecular weight is 476 g/mol. The quantitative estimate of drug-likeness (QED) is 0.305. The summed E-state index contributed by atoms with van der Waals surface area (Å²) < 4.78 is 48.4. The van der Waals surface area contributed by atoms with Gasteiger partial charge in [0.25, 0.3) is 0 Å². The summed E-state index contributed by atoms with van der Waals surface area (Å²) in [6.07, 6.45) is -4.16. The Morgan fingerprint density at radius 2 is 1.81 bits per heavy atom. The smallest absolute Gasteiger partial charge is 0.392 e. The van der Waals surface area contributed by atoms with Crippen LogP contribution in [0.5, 0.6) is 5.75 Å². The van der Waals surface area contributed by atoms with Crippen LogP contribution in [0.15, 0.2) is 60.7 Å². The molecular weight excluding hydrogens is 460 g/mol. The van der Waals surface area contributed by atoms with E-state index < -0.39 is 24.7 Å². The molecule has 26 heavy (non-hydrogen) atoms. The molecule has 0 aliphatic heterocycles. The maximum absolute atomic E-state index is 12.4. The molecule has 0 saturated heterocycles. The van der Waals surface area contributed by atoms with E-state index in [2.05, 4.69) is 0 Å². The van der Waals surface area contributed by atoms with E-state index in [9.17, 15) is 18.0 Å². The van der Waals surface area contributed by atoms with Gasteiger partial charge < -0.3 is 9.47 Å². The number of esters is 1. The van der Waals surface area contributed by atoms with E-state index >= 15 is 0 Å². The largest absolute Gasteiger partial charge is 0.497 e. The van der Waals surface area contributed by atoms with Gasteiger partial charge in [0.1, 0.15) is 11.9 Å². The first-order valence-corrected chi connectivity index (χ1v) is 8.71. The number of carbonyl (C=O) groups excluding carboxylic acids is 1. The number of hydrogen-bond donors (Lipinski definition) is 0. The summed E-state index contributed by atoms with van der Waals surface area (Å²) in [5, 5.41) is 0. The predicted octanol–water partition coefficient (Wildman–Crippen LogP) is 5.71. The Labute approximate surface area is 163 Å². The highest BCUT2D eigenvalue weighted by atomic mass is 127. The number of alkyl halides is 3. The lowest BCUT2D eigenvalue weighted by Crippen LogP contribution is -2.12. The first-order valence-electron chi connectivity index (χ1n) is 7.63. The Morgan fingerprint density at radius 1 is 1.15 bits per heavy atom. The molecule has 3 nitrogen and oxygen atoms in total. The Hall–Kier alpha value is -2.03. The summed E-state index contributed by atoms with van der Waals surface area (Å²) in [4.78, 5) is 12.4. The second-order valence-electron chi connectivity index (χ2n) is 5.33. The van der Waals surface area contributed by atoms with Gasteiger partial charge in [0.15, 0.2) is 0 Å². The third-order valence-corrected chi connectivity index (χ3v) is 4.37. The van der Waals surface area contributed by atoms with Crippen LogP contribution in [0.25, 0.3) is 0 Å². The number of methoxy groups -OCH3 is 1. The third kappa shape index (κ3) is 6.05. The Kier molecular flexibility index (Phi) is 7.07. The minimum absolute atomic E-state index is 0.357. The molecule has 1 atom stereocenters. The zero-order valence-electron chi connectivity index (χ0n) is 13.8. The van der Waals surface area contributed by atoms with Crippen LogP contribution in [0.1, 0.15) is 28.4 Å². The van der Waals surface area contributed by atoms with Gasteiger partial charge in [0, 0.05) is 3.57 Å². The highest BCUT2D eigenvalue weighted by Gasteiger charge is 2.25. The zero-order valence-corrected chi connectivity index (χ0v) is 16.0. The maximum Gasteiger partial charge on any atom is 0.392 e. The SMILES string of the molecule is COc1ccc(C(/C=C/CC(F)(F)F)OC(=O)c2ccccc2I)cc1. The molecule has 0 aliphatic carbocycles. The third-order valence-electron chi connectivity index (χ3n) is 3.43. The van der Waals surface area contributed by atoms with Crippen LogP contribution in [0.2, 0.25) is 0 Å². The van der Waals surface area contributed by atoms with Crippen molar-refractivity contribution in [3.8, 4) is 5.75 Å². The molecule has 2 aromatic rings. The Bertz CT molecular complexity index is 770. The monoisotopic (exact) mass is 476 g/mol. The van der Waals surface area contributed by atoms with Crippen molar-refractivity contribution in [1.29, 1.82) is 0 Å². The first kappa shape index (κ1) is 20.3. The molecule has 2 rings (SSSR count). The predicted molar refractivity (Wildman–Crippen MR) is 100 cm³/mol. The van der Waals surface area contributed by atoms with E-state index in [1.54, 1.807) is 48.5 Å². The van der Waals surface area contributed by atoms with Crippen LogP contribution >= 0.6 is 22.6 Å². The number of carbonyl (C=O) groups is 1. The molecule has 0 N–H and O–H groups in total. The second kappa shape index (κ2) is 9.07. The topological polar surface area (TPSA) is 35.5 Å². The van der Waals surface area contributed by atoms with E-state index in [4.69, 9.17) is 9.47 Å². The molecule has 0 aliphatic rings. The summed E-state index contributed by atoms with van der Waals surface area (Å²) in [5.41, 5.74) is 0.902. The first-order chi connectivity index (χ1) is 12.3. The molecule has 0 aromatic heterocycles. The fraction of sp³-hybridized carbons (Fsp3) is 0.211. The molecule has 0 amide bonds. The van der Waals surface area contributed by atoms with Crippen LogP contribution in [-0.4, -0.2) is 19.3 Å². The van der Waals surface area contributed by atoms with Crippen molar-refractivity contribution in [1.82, 2.24) is 0 Å². The lowest BCUT2D eigenvalue weighted by atomic mass is 10.1. The van der Waals surface area contributed by atoms with Crippen molar-refractivity contribution >= 4 is 28.6 Å². The Morgan fingerprint density at radius 3 is 2.38 bits per heavy atom. The molecule has 7 heteroatoms. The summed E-state index contributed by atoms with van der Waals surface area (Å²) >= 11 is 2.00. The van der Waals surface area contributed by atoms with E-state index in [-0.39, 0.29) is 0 Å². The van der Waals surface area contributed by atoms with Crippen molar-refractivity contribution < 1.29 is 27.4 Å². The summed E-state index contributed by atoms with van der Waals surface area (Å²) in [6.45, 7) is 0. The molecule has 0 heterocycles. The van der Waals surface area contributed by atoms with Crippen molar-refractivity contribution in [2.75, 3.05) is 7.11 Å². The normalized spacial score (nSPS) is 12.8. The minimum Gasteiger partial charge on any atom is -0.497 e. The van der Waals surface area contributed by atoms with Gasteiger partial charge in [-0.1, -0.05) is 30.3 Å². The van der Waals surface area contributed by atoms with E-state index in [1.807, 2.05) is 22.6 Å². The van der Waals surface area contributed by atoms with Crippen molar-refractivity contribution in [2.24, 2.45) is 0 Å². The zero-order chi connectivity index (χ0) is 19.2. The number of rotatable bonds is 6. The average Bonchev–Trinajstić information content (AvgIpc) is 2.60.